The first-order valence-electron chi connectivity index (χ1n) is 3.90. The van der Waals surface area contributed by atoms with Crippen LogP contribution in [0, 0.1) is 0 Å². The predicted molar refractivity (Wildman–Crippen MR) is 59.2 cm³/mol. The van der Waals surface area contributed by atoms with Gasteiger partial charge in [-0.3, -0.25) is 0 Å². The Balaban J connectivity index is 2.35. The van der Waals surface area contributed by atoms with Crippen LogP contribution < -0.4 is 0 Å². The fourth-order valence-electron chi connectivity index (χ4n) is 1.07. The number of thiophene rings is 1. The molecular weight excluding hydrogens is 266 g/mol. The summed E-state index contributed by atoms with van der Waals surface area (Å²) >= 11 is 4.91. The van der Waals surface area contributed by atoms with Gasteiger partial charge in [0.25, 0.3) is 0 Å². The molecule has 14 heavy (non-hydrogen) atoms. The summed E-state index contributed by atoms with van der Waals surface area (Å²) in [4.78, 5) is 16.7. The van der Waals surface area contributed by atoms with Gasteiger partial charge >= 0.3 is 5.97 Å². The number of halogens is 1. The summed E-state index contributed by atoms with van der Waals surface area (Å²) in [6.07, 6.45) is 1.78. The van der Waals surface area contributed by atoms with Crippen LogP contribution in [0.1, 0.15) is 11.8 Å². The minimum Gasteiger partial charge on any atom is -0.312 e. The van der Waals surface area contributed by atoms with Crippen molar-refractivity contribution in [3.05, 3.63) is 26.4 Å². The maximum atomic E-state index is 11.2. The van der Waals surface area contributed by atoms with E-state index < -0.39 is 0 Å². The van der Waals surface area contributed by atoms with Gasteiger partial charge in [-0.05, 0) is 41.1 Å². The molecule has 2 heterocycles. The van der Waals surface area contributed by atoms with Crippen LogP contribution in [0.4, 0.5) is 0 Å². The third-order valence-electron chi connectivity index (χ3n) is 1.76. The highest BCUT2D eigenvalue weighted by atomic mass is 79.9. The minimum absolute atomic E-state index is 0.382. The van der Waals surface area contributed by atoms with Gasteiger partial charge in [0.1, 0.15) is 0 Å². The van der Waals surface area contributed by atoms with Crippen molar-refractivity contribution in [3.8, 4) is 0 Å². The molecule has 0 saturated carbocycles. The third-order valence-corrected chi connectivity index (χ3v) is 3.33. The zero-order chi connectivity index (χ0) is 10.1. The Morgan fingerprint density at radius 2 is 2.36 bits per heavy atom. The van der Waals surface area contributed by atoms with E-state index in [9.17, 15) is 4.79 Å². The van der Waals surface area contributed by atoms with E-state index >= 15 is 0 Å². The third kappa shape index (κ3) is 1.78. The Hall–Kier alpha value is -0.940. The van der Waals surface area contributed by atoms with Gasteiger partial charge in [0, 0.05) is 4.88 Å². The highest BCUT2D eigenvalue weighted by molar-refractivity contribution is 9.11. The summed E-state index contributed by atoms with van der Waals surface area (Å²) in [5.41, 5.74) is 1.15. The standard InChI is InChI=1S/C9H6BrNO2S/c1-5-7(9(12)13-11-5)4-6-2-3-8(10)14-6/h2-4H,1H3/b7-4+. The molecule has 5 heteroatoms. The molecule has 0 aromatic carbocycles. The van der Waals surface area contributed by atoms with Crippen LogP contribution >= 0.6 is 27.3 Å². The van der Waals surface area contributed by atoms with Crippen molar-refractivity contribution in [2.75, 3.05) is 0 Å². The quantitative estimate of drug-likeness (QED) is 0.582. The summed E-state index contributed by atoms with van der Waals surface area (Å²) in [7, 11) is 0. The first-order valence-corrected chi connectivity index (χ1v) is 5.51. The Labute approximate surface area is 93.2 Å². The van der Waals surface area contributed by atoms with Crippen LogP contribution in [0.3, 0.4) is 0 Å². The molecule has 1 aliphatic rings. The number of oxime groups is 1. The lowest BCUT2D eigenvalue weighted by Gasteiger charge is -1.90. The van der Waals surface area contributed by atoms with Gasteiger partial charge in [0.15, 0.2) is 0 Å². The lowest BCUT2D eigenvalue weighted by atomic mass is 10.1. The normalized spacial score (nSPS) is 18.6. The second kappa shape index (κ2) is 3.67. The fraction of sp³-hybridized carbons (Fsp3) is 0.111. The van der Waals surface area contributed by atoms with Crippen LogP contribution in [0.25, 0.3) is 6.08 Å². The van der Waals surface area contributed by atoms with E-state index in [-0.39, 0.29) is 5.97 Å². The lowest BCUT2D eigenvalue weighted by molar-refractivity contribution is -0.136. The van der Waals surface area contributed by atoms with Crippen LogP contribution in [-0.2, 0) is 9.63 Å². The molecule has 2 rings (SSSR count). The average molecular weight is 272 g/mol. The monoisotopic (exact) mass is 271 g/mol. The topological polar surface area (TPSA) is 38.7 Å². The van der Waals surface area contributed by atoms with Crippen molar-refractivity contribution in [2.24, 2.45) is 5.16 Å². The van der Waals surface area contributed by atoms with Gasteiger partial charge < -0.3 is 4.84 Å². The molecule has 1 aliphatic heterocycles. The van der Waals surface area contributed by atoms with Crippen molar-refractivity contribution in [2.45, 2.75) is 6.92 Å². The molecule has 0 amide bonds. The second-order valence-corrected chi connectivity index (χ2v) is 5.25. The molecule has 1 aromatic rings. The molecule has 0 atom stereocenters. The number of nitrogens with zero attached hydrogens (tertiary/aromatic N) is 1. The van der Waals surface area contributed by atoms with Crippen molar-refractivity contribution in [1.29, 1.82) is 0 Å². The van der Waals surface area contributed by atoms with Crippen LogP contribution in [0.15, 0.2) is 26.6 Å². The Morgan fingerprint density at radius 3 is 2.86 bits per heavy atom. The van der Waals surface area contributed by atoms with Gasteiger partial charge in [0.2, 0.25) is 0 Å². The van der Waals surface area contributed by atoms with E-state index in [2.05, 4.69) is 25.9 Å². The minimum atomic E-state index is -0.382. The largest absolute Gasteiger partial charge is 0.367 e. The predicted octanol–water partition coefficient (Wildman–Crippen LogP) is 2.83. The Bertz CT molecular complexity index is 447. The molecule has 0 aliphatic carbocycles. The fourth-order valence-corrected chi connectivity index (χ4v) is 2.43. The van der Waals surface area contributed by atoms with E-state index in [0.29, 0.717) is 11.3 Å². The summed E-state index contributed by atoms with van der Waals surface area (Å²) in [6.45, 7) is 1.75. The molecule has 0 saturated heterocycles. The molecule has 72 valence electrons. The van der Waals surface area contributed by atoms with Crippen molar-refractivity contribution < 1.29 is 9.63 Å². The van der Waals surface area contributed by atoms with Gasteiger partial charge in [-0.25, -0.2) is 4.79 Å². The van der Waals surface area contributed by atoms with Gasteiger partial charge in [-0.1, -0.05) is 5.16 Å². The summed E-state index contributed by atoms with van der Waals surface area (Å²) in [5.74, 6) is -0.382. The summed E-state index contributed by atoms with van der Waals surface area (Å²) in [6, 6.07) is 3.87. The zero-order valence-corrected chi connectivity index (χ0v) is 9.68. The van der Waals surface area contributed by atoms with E-state index in [1.54, 1.807) is 24.3 Å². The maximum absolute atomic E-state index is 11.2. The Morgan fingerprint density at radius 1 is 1.57 bits per heavy atom. The first-order chi connectivity index (χ1) is 6.66. The molecule has 0 radical (unpaired) electrons. The van der Waals surface area contributed by atoms with Crippen molar-refractivity contribution in [3.63, 3.8) is 0 Å². The molecule has 0 fully saturated rings. The van der Waals surface area contributed by atoms with Crippen molar-refractivity contribution in [1.82, 2.24) is 0 Å². The van der Waals surface area contributed by atoms with E-state index in [4.69, 9.17) is 0 Å². The molecular formula is C9H6BrNO2S. The summed E-state index contributed by atoms with van der Waals surface area (Å²) in [5, 5.41) is 3.59. The number of carbonyl (C=O) groups is 1. The molecule has 0 spiro atoms. The smallest absolute Gasteiger partial charge is 0.312 e. The number of rotatable bonds is 1. The highest BCUT2D eigenvalue weighted by Gasteiger charge is 2.21. The van der Waals surface area contributed by atoms with Crippen LogP contribution in [-0.4, -0.2) is 11.7 Å². The lowest BCUT2D eigenvalue weighted by Crippen LogP contribution is -2.01. The SMILES string of the molecule is CC1=NOC(=O)/C1=C/c1ccc(Br)s1. The van der Waals surface area contributed by atoms with Crippen LogP contribution in [0.2, 0.25) is 0 Å². The molecule has 1 aromatic heterocycles. The number of hydrogen-bond acceptors (Lipinski definition) is 4. The zero-order valence-electron chi connectivity index (χ0n) is 7.28. The number of carbonyl (C=O) groups excluding carboxylic acids is 1. The Kier molecular flexibility index (Phi) is 2.52. The summed E-state index contributed by atoms with van der Waals surface area (Å²) < 4.78 is 1.03. The molecule has 0 N–H and O–H groups in total. The molecule has 0 unspecified atom stereocenters. The number of hydrogen-bond donors (Lipinski definition) is 0. The average Bonchev–Trinajstić information content (AvgIpc) is 2.67. The van der Waals surface area contributed by atoms with Gasteiger partial charge in [-0.2, -0.15) is 0 Å². The maximum Gasteiger partial charge on any atom is 0.367 e. The van der Waals surface area contributed by atoms with Gasteiger partial charge in [0.05, 0.1) is 15.1 Å². The van der Waals surface area contributed by atoms with E-state index in [0.717, 1.165) is 8.66 Å². The van der Waals surface area contributed by atoms with Crippen LogP contribution in [0.5, 0.6) is 0 Å². The van der Waals surface area contributed by atoms with Crippen molar-refractivity contribution >= 4 is 45.0 Å². The molecule has 0 bridgehead atoms. The van der Waals surface area contributed by atoms with E-state index in [1.165, 1.54) is 0 Å². The highest BCUT2D eigenvalue weighted by Crippen LogP contribution is 2.25. The second-order valence-electron chi connectivity index (χ2n) is 2.76. The molecule has 3 nitrogen and oxygen atoms in total. The van der Waals surface area contributed by atoms with Gasteiger partial charge in [-0.15, -0.1) is 11.3 Å². The van der Waals surface area contributed by atoms with E-state index in [1.807, 2.05) is 12.1 Å². The first kappa shape index (κ1) is 9.61.